The maximum Gasteiger partial charge on any atom is 0.269 e. The number of likely N-dealkylation sites (N-methyl/N-ethyl adjacent to an activating group) is 1. The number of nitrogens with zero attached hydrogens (tertiary/aromatic N) is 2. The van der Waals surface area contributed by atoms with Gasteiger partial charge in [0.05, 0.1) is 6.04 Å². The Hall–Kier alpha value is -1.59. The van der Waals surface area contributed by atoms with Crippen LogP contribution in [0.3, 0.4) is 0 Å². The van der Waals surface area contributed by atoms with E-state index in [1.54, 1.807) is 6.08 Å². The van der Waals surface area contributed by atoms with Crippen LogP contribution in [0.5, 0.6) is 5.88 Å². The maximum atomic E-state index is 5.67. The predicted molar refractivity (Wildman–Crippen MR) is 81.6 cm³/mol. The first-order valence-corrected chi connectivity index (χ1v) is 7.03. The van der Waals surface area contributed by atoms with Gasteiger partial charge in [-0.15, -0.1) is 6.58 Å². The minimum Gasteiger partial charge on any atom is -0.470 e. The first-order valence-electron chi connectivity index (χ1n) is 6.24. The van der Waals surface area contributed by atoms with Crippen molar-refractivity contribution in [2.24, 2.45) is 0 Å². The molecule has 0 amide bonds. The first kappa shape index (κ1) is 14.8. The molecule has 1 heterocycles. The van der Waals surface area contributed by atoms with E-state index in [0.29, 0.717) is 18.2 Å². The van der Waals surface area contributed by atoms with Gasteiger partial charge in [0.2, 0.25) is 0 Å². The van der Waals surface area contributed by atoms with Crippen LogP contribution in [-0.4, -0.2) is 24.2 Å². The quantitative estimate of drug-likeness (QED) is 0.752. The van der Waals surface area contributed by atoms with Crippen molar-refractivity contribution < 1.29 is 9.26 Å². The topological polar surface area (TPSA) is 38.5 Å². The molecule has 106 valence electrons. The average molecular weight is 337 g/mol. The zero-order chi connectivity index (χ0) is 14.5. The van der Waals surface area contributed by atoms with Crippen LogP contribution in [0.1, 0.15) is 17.4 Å². The molecular formula is C15H17BrN2O2. The van der Waals surface area contributed by atoms with Crippen LogP contribution in [0.15, 0.2) is 52.0 Å². The molecule has 5 heteroatoms. The molecular weight excluding hydrogens is 320 g/mol. The summed E-state index contributed by atoms with van der Waals surface area (Å²) in [6, 6.07) is 9.87. The number of hydrogen-bond acceptors (Lipinski definition) is 4. The Kier molecular flexibility index (Phi) is 4.98. The van der Waals surface area contributed by atoms with Crippen molar-refractivity contribution in [3.8, 4) is 5.88 Å². The molecule has 0 radical (unpaired) electrons. The van der Waals surface area contributed by atoms with E-state index < -0.39 is 0 Å². The highest BCUT2D eigenvalue weighted by atomic mass is 79.9. The Bertz CT molecular complexity index is 567. The van der Waals surface area contributed by atoms with Gasteiger partial charge < -0.3 is 9.26 Å². The van der Waals surface area contributed by atoms with Gasteiger partial charge in [-0.3, -0.25) is 4.90 Å². The van der Waals surface area contributed by atoms with Crippen LogP contribution in [0.4, 0.5) is 0 Å². The normalized spacial score (nSPS) is 12.4. The fourth-order valence-electron chi connectivity index (χ4n) is 1.83. The molecule has 1 aromatic carbocycles. The predicted octanol–water partition coefficient (Wildman–Crippen LogP) is 3.80. The first-order chi connectivity index (χ1) is 9.63. The molecule has 0 aliphatic rings. The van der Waals surface area contributed by atoms with Gasteiger partial charge in [0, 0.05) is 0 Å². The third kappa shape index (κ3) is 3.29. The monoisotopic (exact) mass is 336 g/mol. The molecule has 2 aromatic rings. The van der Waals surface area contributed by atoms with Crippen molar-refractivity contribution in [1.82, 2.24) is 10.1 Å². The molecule has 1 atom stereocenters. The molecule has 0 N–H and O–H groups in total. The minimum atomic E-state index is -0.0500. The van der Waals surface area contributed by atoms with Gasteiger partial charge in [-0.2, -0.15) is 0 Å². The van der Waals surface area contributed by atoms with Gasteiger partial charge in [0.25, 0.3) is 5.88 Å². The van der Waals surface area contributed by atoms with Crippen molar-refractivity contribution in [2.45, 2.75) is 12.6 Å². The Labute approximate surface area is 127 Å². The lowest BCUT2D eigenvalue weighted by molar-refractivity contribution is 0.248. The molecule has 1 aromatic heterocycles. The standard InChI is InChI=1S/C15H17BrN2O2/c1-4-12(18(2)3)14-13(16)15(17-20-14)19-10-11-8-6-5-7-9-11/h4-9,12H,1,10H2,2-3H3/t12-/m0/s1. The number of ether oxygens (including phenoxy) is 1. The number of benzene rings is 1. The summed E-state index contributed by atoms with van der Waals surface area (Å²) in [4.78, 5) is 1.99. The van der Waals surface area contributed by atoms with E-state index >= 15 is 0 Å². The second kappa shape index (κ2) is 6.72. The van der Waals surface area contributed by atoms with E-state index in [4.69, 9.17) is 9.26 Å². The molecule has 0 spiro atoms. The summed E-state index contributed by atoms with van der Waals surface area (Å²) in [7, 11) is 3.90. The summed E-state index contributed by atoms with van der Waals surface area (Å²) in [5, 5.41) is 3.96. The fraction of sp³-hybridized carbons (Fsp3) is 0.267. The number of aromatic nitrogens is 1. The van der Waals surface area contributed by atoms with Gasteiger partial charge >= 0.3 is 0 Å². The molecule has 20 heavy (non-hydrogen) atoms. The second-order valence-electron chi connectivity index (χ2n) is 4.58. The third-order valence-electron chi connectivity index (χ3n) is 2.90. The van der Waals surface area contributed by atoms with Crippen LogP contribution in [0.25, 0.3) is 0 Å². The van der Waals surface area contributed by atoms with Crippen molar-refractivity contribution in [2.75, 3.05) is 14.1 Å². The molecule has 0 bridgehead atoms. The highest BCUT2D eigenvalue weighted by molar-refractivity contribution is 9.10. The zero-order valence-electron chi connectivity index (χ0n) is 11.5. The Morgan fingerprint density at radius 3 is 2.70 bits per heavy atom. The van der Waals surface area contributed by atoms with Crippen molar-refractivity contribution in [1.29, 1.82) is 0 Å². The Balaban J connectivity index is 2.11. The summed E-state index contributed by atoms with van der Waals surface area (Å²) >= 11 is 3.48. The molecule has 0 aliphatic carbocycles. The van der Waals surface area contributed by atoms with E-state index in [1.165, 1.54) is 0 Å². The van der Waals surface area contributed by atoms with E-state index in [1.807, 2.05) is 49.3 Å². The van der Waals surface area contributed by atoms with Gasteiger partial charge in [-0.25, -0.2) is 0 Å². The molecule has 2 rings (SSSR count). The van der Waals surface area contributed by atoms with E-state index in [-0.39, 0.29) is 6.04 Å². The SMILES string of the molecule is C=C[C@@H](c1onc(OCc2ccccc2)c1Br)N(C)C. The van der Waals surface area contributed by atoms with Crippen molar-refractivity contribution >= 4 is 15.9 Å². The van der Waals surface area contributed by atoms with E-state index in [0.717, 1.165) is 10.0 Å². The molecule has 0 fully saturated rings. The minimum absolute atomic E-state index is 0.0500. The summed E-state index contributed by atoms with van der Waals surface area (Å²) in [5.41, 5.74) is 1.08. The van der Waals surface area contributed by atoms with Crippen LogP contribution in [-0.2, 0) is 6.61 Å². The highest BCUT2D eigenvalue weighted by Crippen LogP contribution is 2.34. The summed E-state index contributed by atoms with van der Waals surface area (Å²) in [6.45, 7) is 4.26. The zero-order valence-corrected chi connectivity index (χ0v) is 13.1. The average Bonchev–Trinajstić information content (AvgIpc) is 2.80. The Morgan fingerprint density at radius 1 is 1.40 bits per heavy atom. The lowest BCUT2D eigenvalue weighted by Crippen LogP contribution is -2.17. The van der Waals surface area contributed by atoms with Crippen LogP contribution < -0.4 is 4.74 Å². The van der Waals surface area contributed by atoms with E-state index in [2.05, 4.69) is 27.7 Å². The van der Waals surface area contributed by atoms with Gasteiger partial charge in [0.1, 0.15) is 11.1 Å². The molecule has 4 nitrogen and oxygen atoms in total. The van der Waals surface area contributed by atoms with Crippen LogP contribution >= 0.6 is 15.9 Å². The number of halogens is 1. The van der Waals surface area contributed by atoms with E-state index in [9.17, 15) is 0 Å². The lowest BCUT2D eigenvalue weighted by atomic mass is 10.2. The molecule has 0 saturated heterocycles. The summed E-state index contributed by atoms with van der Waals surface area (Å²) in [5.74, 6) is 1.14. The van der Waals surface area contributed by atoms with Crippen molar-refractivity contribution in [3.63, 3.8) is 0 Å². The van der Waals surface area contributed by atoms with Crippen molar-refractivity contribution in [3.05, 3.63) is 58.8 Å². The molecule has 0 aliphatic heterocycles. The lowest BCUT2D eigenvalue weighted by Gasteiger charge is -2.17. The number of hydrogen-bond donors (Lipinski definition) is 0. The van der Waals surface area contributed by atoms with Crippen LogP contribution in [0, 0.1) is 0 Å². The van der Waals surface area contributed by atoms with Gasteiger partial charge in [0.15, 0.2) is 5.76 Å². The van der Waals surface area contributed by atoms with Gasteiger partial charge in [-0.05, 0) is 40.7 Å². The molecule has 0 saturated carbocycles. The molecule has 0 unspecified atom stereocenters. The summed E-state index contributed by atoms with van der Waals surface area (Å²) in [6.07, 6.45) is 1.80. The fourth-order valence-corrected chi connectivity index (χ4v) is 2.32. The highest BCUT2D eigenvalue weighted by Gasteiger charge is 2.23. The largest absolute Gasteiger partial charge is 0.470 e. The third-order valence-corrected chi connectivity index (χ3v) is 3.63. The second-order valence-corrected chi connectivity index (χ2v) is 5.38. The Morgan fingerprint density at radius 2 is 2.10 bits per heavy atom. The maximum absolute atomic E-state index is 5.67. The summed E-state index contributed by atoms with van der Waals surface area (Å²) < 4.78 is 11.8. The smallest absolute Gasteiger partial charge is 0.269 e. The number of rotatable bonds is 6. The van der Waals surface area contributed by atoms with Crippen LogP contribution in [0.2, 0.25) is 0 Å². The van der Waals surface area contributed by atoms with Gasteiger partial charge in [-0.1, -0.05) is 36.4 Å².